The van der Waals surface area contributed by atoms with E-state index >= 15 is 0 Å². The number of hydrogen-bond acceptors (Lipinski definition) is 4. The monoisotopic (exact) mass is 337 g/mol. The summed E-state index contributed by atoms with van der Waals surface area (Å²) < 4.78 is 5.74. The molecule has 1 aliphatic rings. The van der Waals surface area contributed by atoms with Crippen LogP contribution in [-0.2, 0) is 10.2 Å². The lowest BCUT2D eigenvalue weighted by Crippen LogP contribution is -2.27. The first-order valence-corrected chi connectivity index (χ1v) is 7.13. The van der Waals surface area contributed by atoms with Crippen molar-refractivity contribution >= 4 is 27.8 Å². The molecular formula is C14H16BrN3O2. The Morgan fingerprint density at radius 1 is 1.50 bits per heavy atom. The zero-order valence-corrected chi connectivity index (χ0v) is 13.2. The molecular weight excluding hydrogens is 322 g/mol. The molecule has 0 unspecified atom stereocenters. The number of amides is 1. The highest BCUT2D eigenvalue weighted by atomic mass is 79.9. The van der Waals surface area contributed by atoms with E-state index in [9.17, 15) is 10.1 Å². The molecule has 0 atom stereocenters. The molecule has 1 N–H and O–H groups in total. The van der Waals surface area contributed by atoms with Crippen LogP contribution in [0.15, 0.2) is 16.7 Å². The fourth-order valence-electron chi connectivity index (χ4n) is 1.84. The number of ether oxygens (including phenoxy) is 1. The Labute approximate surface area is 126 Å². The van der Waals surface area contributed by atoms with E-state index in [1.807, 2.05) is 6.07 Å². The summed E-state index contributed by atoms with van der Waals surface area (Å²) in [5, 5.41) is 11.8. The normalized spacial score (nSPS) is 16.1. The topological polar surface area (TPSA) is 75.0 Å². The predicted octanol–water partition coefficient (Wildman–Crippen LogP) is 3.75. The number of hydrogen-bond donors (Lipinski definition) is 1. The summed E-state index contributed by atoms with van der Waals surface area (Å²) in [5.41, 5.74) is -0.0918. The number of halogens is 1. The van der Waals surface area contributed by atoms with Gasteiger partial charge in [0.15, 0.2) is 0 Å². The van der Waals surface area contributed by atoms with E-state index in [0.29, 0.717) is 10.4 Å². The first kappa shape index (κ1) is 14.8. The quantitative estimate of drug-likeness (QED) is 0.834. The van der Waals surface area contributed by atoms with Crippen LogP contribution < -0.4 is 5.32 Å². The van der Waals surface area contributed by atoms with Gasteiger partial charge in [-0.3, -0.25) is 5.32 Å². The Hall–Kier alpha value is -1.61. The first-order valence-electron chi connectivity index (χ1n) is 6.34. The number of rotatable bonds is 2. The fourth-order valence-corrected chi connectivity index (χ4v) is 2.54. The molecule has 0 aliphatic heterocycles. The number of anilines is 1. The van der Waals surface area contributed by atoms with Crippen molar-refractivity contribution in [3.05, 3.63) is 22.3 Å². The fraction of sp³-hybridized carbons (Fsp3) is 0.500. The first-order chi connectivity index (χ1) is 9.26. The van der Waals surface area contributed by atoms with Gasteiger partial charge in [-0.15, -0.1) is 0 Å². The van der Waals surface area contributed by atoms with Crippen LogP contribution in [0.3, 0.4) is 0 Å². The SMILES string of the molecule is CC(C)(C)OC(=O)Nc1ccc(C2(C#N)CC2)c(Br)n1. The molecule has 1 amide bonds. The summed E-state index contributed by atoms with van der Waals surface area (Å²) in [7, 11) is 0. The van der Waals surface area contributed by atoms with Gasteiger partial charge in [0.2, 0.25) is 0 Å². The Morgan fingerprint density at radius 3 is 2.60 bits per heavy atom. The molecule has 1 fully saturated rings. The van der Waals surface area contributed by atoms with Gasteiger partial charge in [-0.1, -0.05) is 6.07 Å². The number of aromatic nitrogens is 1. The maximum Gasteiger partial charge on any atom is 0.413 e. The van der Waals surface area contributed by atoms with Gasteiger partial charge in [-0.05, 0) is 55.6 Å². The van der Waals surface area contributed by atoms with Crippen LogP contribution in [0.2, 0.25) is 0 Å². The molecule has 0 aromatic carbocycles. The maximum absolute atomic E-state index is 11.6. The minimum Gasteiger partial charge on any atom is -0.444 e. The molecule has 20 heavy (non-hydrogen) atoms. The van der Waals surface area contributed by atoms with E-state index < -0.39 is 17.1 Å². The van der Waals surface area contributed by atoms with Crippen molar-refractivity contribution in [3.63, 3.8) is 0 Å². The van der Waals surface area contributed by atoms with Crippen molar-refractivity contribution in [2.45, 2.75) is 44.6 Å². The molecule has 0 bridgehead atoms. The van der Waals surface area contributed by atoms with E-state index in [-0.39, 0.29) is 0 Å². The Kier molecular flexibility index (Phi) is 3.74. The third-order valence-electron chi connectivity index (χ3n) is 2.96. The largest absolute Gasteiger partial charge is 0.444 e. The Balaban J connectivity index is 2.11. The van der Waals surface area contributed by atoms with Gasteiger partial charge in [0, 0.05) is 5.56 Å². The van der Waals surface area contributed by atoms with Crippen LogP contribution in [0.25, 0.3) is 0 Å². The van der Waals surface area contributed by atoms with Crippen LogP contribution in [0.5, 0.6) is 0 Å². The molecule has 5 nitrogen and oxygen atoms in total. The number of carbonyl (C=O) groups excluding carboxylic acids is 1. The summed E-state index contributed by atoms with van der Waals surface area (Å²) in [4.78, 5) is 15.9. The average molecular weight is 338 g/mol. The van der Waals surface area contributed by atoms with Gasteiger partial charge >= 0.3 is 6.09 Å². The lowest BCUT2D eigenvalue weighted by molar-refractivity contribution is 0.0635. The second-order valence-electron chi connectivity index (χ2n) is 5.86. The smallest absolute Gasteiger partial charge is 0.413 e. The van der Waals surface area contributed by atoms with Gasteiger partial charge in [-0.2, -0.15) is 5.26 Å². The van der Waals surface area contributed by atoms with Crippen LogP contribution >= 0.6 is 15.9 Å². The molecule has 1 heterocycles. The molecule has 1 aliphatic carbocycles. The second kappa shape index (κ2) is 5.06. The molecule has 0 spiro atoms. The van der Waals surface area contributed by atoms with Crippen LogP contribution in [0.1, 0.15) is 39.2 Å². The highest BCUT2D eigenvalue weighted by Crippen LogP contribution is 2.49. The zero-order chi connectivity index (χ0) is 15.0. The lowest BCUT2D eigenvalue weighted by atomic mass is 10.00. The standard InChI is InChI=1S/C14H16BrN3O2/c1-13(2,3)20-12(19)18-10-5-4-9(11(15)17-10)14(8-16)6-7-14/h4-5H,6-7H2,1-3H3,(H,17,18,19). The second-order valence-corrected chi connectivity index (χ2v) is 6.61. The van der Waals surface area contributed by atoms with E-state index in [4.69, 9.17) is 4.74 Å². The average Bonchev–Trinajstić information content (AvgIpc) is 3.07. The molecule has 1 aromatic rings. The molecule has 106 valence electrons. The lowest BCUT2D eigenvalue weighted by Gasteiger charge is -2.19. The summed E-state index contributed by atoms with van der Waals surface area (Å²) in [6.07, 6.45) is 1.15. The highest BCUT2D eigenvalue weighted by molar-refractivity contribution is 9.10. The van der Waals surface area contributed by atoms with Crippen molar-refractivity contribution in [1.29, 1.82) is 5.26 Å². The number of nitrogens with one attached hydrogen (secondary N) is 1. The molecule has 6 heteroatoms. The van der Waals surface area contributed by atoms with Crippen molar-refractivity contribution in [2.24, 2.45) is 0 Å². The Morgan fingerprint density at radius 2 is 2.15 bits per heavy atom. The third kappa shape index (κ3) is 3.28. The van der Waals surface area contributed by atoms with Crippen LogP contribution in [0, 0.1) is 11.3 Å². The van der Waals surface area contributed by atoms with Gasteiger partial charge in [0.25, 0.3) is 0 Å². The van der Waals surface area contributed by atoms with E-state index in [1.165, 1.54) is 0 Å². The summed E-state index contributed by atoms with van der Waals surface area (Å²) in [6, 6.07) is 5.82. The van der Waals surface area contributed by atoms with Crippen molar-refractivity contribution in [1.82, 2.24) is 4.98 Å². The van der Waals surface area contributed by atoms with Crippen molar-refractivity contribution in [2.75, 3.05) is 5.32 Å². The summed E-state index contributed by atoms with van der Waals surface area (Å²) in [6.45, 7) is 5.38. The van der Waals surface area contributed by atoms with Gasteiger partial charge in [-0.25, -0.2) is 9.78 Å². The van der Waals surface area contributed by atoms with Crippen LogP contribution in [0.4, 0.5) is 10.6 Å². The van der Waals surface area contributed by atoms with E-state index in [1.54, 1.807) is 26.8 Å². The minimum atomic E-state index is -0.555. The van der Waals surface area contributed by atoms with Crippen molar-refractivity contribution in [3.8, 4) is 6.07 Å². The third-order valence-corrected chi connectivity index (χ3v) is 3.56. The molecule has 0 saturated heterocycles. The molecule has 1 aromatic heterocycles. The highest BCUT2D eigenvalue weighted by Gasteiger charge is 2.46. The summed E-state index contributed by atoms with van der Waals surface area (Å²) in [5.74, 6) is 0.392. The number of nitriles is 1. The van der Waals surface area contributed by atoms with Gasteiger partial charge in [0.1, 0.15) is 16.0 Å². The summed E-state index contributed by atoms with van der Waals surface area (Å²) >= 11 is 3.36. The number of pyridine rings is 1. The van der Waals surface area contributed by atoms with Gasteiger partial charge < -0.3 is 4.74 Å². The van der Waals surface area contributed by atoms with Gasteiger partial charge in [0.05, 0.1) is 11.5 Å². The van der Waals surface area contributed by atoms with E-state index in [0.717, 1.165) is 18.4 Å². The van der Waals surface area contributed by atoms with Crippen LogP contribution in [-0.4, -0.2) is 16.7 Å². The zero-order valence-electron chi connectivity index (χ0n) is 11.7. The minimum absolute atomic E-state index is 0.392. The molecule has 0 radical (unpaired) electrons. The molecule has 1 saturated carbocycles. The van der Waals surface area contributed by atoms with Crippen molar-refractivity contribution < 1.29 is 9.53 Å². The molecule has 2 rings (SSSR count). The predicted molar refractivity (Wildman–Crippen MR) is 78.3 cm³/mol. The number of nitrogens with zero attached hydrogens (tertiary/aromatic N) is 2. The van der Waals surface area contributed by atoms with E-state index in [2.05, 4.69) is 32.3 Å². The Bertz CT molecular complexity index is 583. The maximum atomic E-state index is 11.6. The number of carbonyl (C=O) groups is 1.